The summed E-state index contributed by atoms with van der Waals surface area (Å²) in [7, 11) is 0. The van der Waals surface area contributed by atoms with Gasteiger partial charge in [-0.05, 0) is 18.3 Å². The van der Waals surface area contributed by atoms with Crippen molar-refractivity contribution < 1.29 is 9.53 Å². The zero-order valence-electron chi connectivity index (χ0n) is 9.78. The molecule has 0 radical (unpaired) electrons. The molecule has 0 aromatic rings. The number of allylic oxidation sites excluding steroid dienone is 1. The van der Waals surface area contributed by atoms with Crippen LogP contribution in [0.2, 0.25) is 0 Å². The molecule has 84 valence electrons. The molecule has 15 heavy (non-hydrogen) atoms. The first-order valence-electron chi connectivity index (χ1n) is 5.32. The predicted octanol–water partition coefficient (Wildman–Crippen LogP) is 2.91. The summed E-state index contributed by atoms with van der Waals surface area (Å²) in [4.78, 5) is 11.5. The summed E-state index contributed by atoms with van der Waals surface area (Å²) in [5, 5.41) is 7.55. The predicted molar refractivity (Wildman–Crippen MR) is 57.1 cm³/mol. The van der Waals surface area contributed by atoms with Crippen molar-refractivity contribution in [3.05, 3.63) is 11.4 Å². The molecule has 0 bridgehead atoms. The Bertz CT molecular complexity index is 304. The van der Waals surface area contributed by atoms with Crippen molar-refractivity contribution in [2.75, 3.05) is 6.61 Å². The third-order valence-corrected chi connectivity index (χ3v) is 1.89. The van der Waals surface area contributed by atoms with Gasteiger partial charge in [-0.3, -0.25) is 0 Å². The highest BCUT2D eigenvalue weighted by molar-refractivity contribution is 5.89. The molecule has 0 N–H and O–H groups in total. The molecule has 0 atom stereocenters. The van der Waals surface area contributed by atoms with Gasteiger partial charge >= 0.3 is 5.97 Å². The summed E-state index contributed by atoms with van der Waals surface area (Å²) in [5.74, 6) is 0.488. The summed E-state index contributed by atoms with van der Waals surface area (Å²) in [6.07, 6.45) is 0.787. The molecule has 0 fully saturated rings. The maximum Gasteiger partial charge on any atom is 0.360 e. The minimum atomic E-state index is -0.339. The third-order valence-electron chi connectivity index (χ3n) is 1.89. The van der Waals surface area contributed by atoms with Gasteiger partial charge in [-0.1, -0.05) is 27.7 Å². The Morgan fingerprint density at radius 1 is 1.20 bits per heavy atom. The van der Waals surface area contributed by atoms with Crippen LogP contribution in [0.1, 0.15) is 34.1 Å². The molecule has 0 saturated carbocycles. The SMILES string of the molecule is CC(C)COC(=O)C1=C(CC(C)C)N=N1. The quantitative estimate of drug-likeness (QED) is 0.655. The van der Waals surface area contributed by atoms with Gasteiger partial charge in [0.25, 0.3) is 0 Å². The summed E-state index contributed by atoms with van der Waals surface area (Å²) < 4.78 is 5.07. The minimum Gasteiger partial charge on any atom is -0.461 e. The Labute approximate surface area is 90.4 Å². The Kier molecular flexibility index (Phi) is 4.00. The van der Waals surface area contributed by atoms with Crippen molar-refractivity contribution in [3.63, 3.8) is 0 Å². The van der Waals surface area contributed by atoms with Gasteiger partial charge in [-0.25, -0.2) is 4.79 Å². The van der Waals surface area contributed by atoms with E-state index in [4.69, 9.17) is 4.74 Å². The molecule has 1 aliphatic rings. The number of carbonyl (C=O) groups is 1. The molecule has 0 aromatic carbocycles. The van der Waals surface area contributed by atoms with Crippen LogP contribution in [0.3, 0.4) is 0 Å². The first-order valence-corrected chi connectivity index (χ1v) is 5.32. The summed E-state index contributed by atoms with van der Waals surface area (Å²) in [5.41, 5.74) is 1.18. The number of hydrogen-bond acceptors (Lipinski definition) is 4. The van der Waals surface area contributed by atoms with E-state index in [0.29, 0.717) is 24.1 Å². The van der Waals surface area contributed by atoms with E-state index in [9.17, 15) is 4.79 Å². The molecule has 0 saturated heterocycles. The number of carbonyl (C=O) groups excluding carboxylic acids is 1. The van der Waals surface area contributed by atoms with E-state index in [2.05, 4.69) is 24.1 Å². The Morgan fingerprint density at radius 3 is 2.27 bits per heavy atom. The summed E-state index contributed by atoms with van der Waals surface area (Å²) in [6.45, 7) is 8.60. The van der Waals surface area contributed by atoms with E-state index < -0.39 is 0 Å². The average molecular weight is 210 g/mol. The van der Waals surface area contributed by atoms with Gasteiger partial charge in [0.15, 0.2) is 5.70 Å². The molecular formula is C11H18N2O2. The lowest BCUT2D eigenvalue weighted by molar-refractivity contribution is -0.140. The van der Waals surface area contributed by atoms with E-state index in [1.165, 1.54) is 0 Å². The highest BCUT2D eigenvalue weighted by atomic mass is 16.5. The van der Waals surface area contributed by atoms with Gasteiger partial charge in [0.2, 0.25) is 0 Å². The van der Waals surface area contributed by atoms with Crippen molar-refractivity contribution in [2.24, 2.45) is 22.1 Å². The second-order valence-corrected chi connectivity index (χ2v) is 4.59. The lowest BCUT2D eigenvalue weighted by Gasteiger charge is -2.14. The molecule has 4 heteroatoms. The number of nitrogens with zero attached hydrogens (tertiary/aromatic N) is 2. The highest BCUT2D eigenvalue weighted by Gasteiger charge is 2.24. The fourth-order valence-electron chi connectivity index (χ4n) is 1.16. The fourth-order valence-corrected chi connectivity index (χ4v) is 1.16. The van der Waals surface area contributed by atoms with Crippen LogP contribution in [0.5, 0.6) is 0 Å². The van der Waals surface area contributed by atoms with Crippen LogP contribution < -0.4 is 0 Å². The lowest BCUT2D eigenvalue weighted by atomic mass is 10.1. The molecule has 0 aromatic heterocycles. The van der Waals surface area contributed by atoms with E-state index in [0.717, 1.165) is 12.1 Å². The van der Waals surface area contributed by atoms with Crippen molar-refractivity contribution in [1.29, 1.82) is 0 Å². The molecule has 1 aliphatic heterocycles. The summed E-state index contributed by atoms with van der Waals surface area (Å²) in [6, 6.07) is 0. The maximum atomic E-state index is 11.5. The van der Waals surface area contributed by atoms with Gasteiger partial charge in [-0.2, -0.15) is 5.11 Å². The van der Waals surface area contributed by atoms with Crippen LogP contribution >= 0.6 is 0 Å². The van der Waals surface area contributed by atoms with Crippen molar-refractivity contribution in [1.82, 2.24) is 0 Å². The zero-order chi connectivity index (χ0) is 11.4. The highest BCUT2D eigenvalue weighted by Crippen LogP contribution is 2.26. The van der Waals surface area contributed by atoms with E-state index in [-0.39, 0.29) is 5.97 Å². The first kappa shape index (κ1) is 11.9. The standard InChI is InChI=1S/C11H18N2O2/c1-7(2)5-9-10(13-12-9)11(14)15-6-8(3)4/h7-8H,5-6H2,1-4H3. The average Bonchev–Trinajstić information content (AvgIpc) is 2.09. The van der Waals surface area contributed by atoms with E-state index in [1.54, 1.807) is 0 Å². The molecule has 1 heterocycles. The van der Waals surface area contributed by atoms with Crippen LogP contribution in [-0.4, -0.2) is 12.6 Å². The molecule has 0 spiro atoms. The Balaban J connectivity index is 2.46. The second kappa shape index (κ2) is 5.05. The Morgan fingerprint density at radius 2 is 1.87 bits per heavy atom. The fraction of sp³-hybridized carbons (Fsp3) is 0.727. The van der Waals surface area contributed by atoms with Crippen molar-refractivity contribution in [3.8, 4) is 0 Å². The topological polar surface area (TPSA) is 51.0 Å². The minimum absolute atomic E-state index is 0.339. The normalized spacial score (nSPS) is 14.8. The zero-order valence-corrected chi connectivity index (χ0v) is 9.78. The van der Waals surface area contributed by atoms with Crippen LogP contribution in [-0.2, 0) is 9.53 Å². The number of esters is 1. The van der Waals surface area contributed by atoms with Crippen LogP contribution in [0.4, 0.5) is 0 Å². The maximum absolute atomic E-state index is 11.5. The second-order valence-electron chi connectivity index (χ2n) is 4.59. The monoisotopic (exact) mass is 210 g/mol. The van der Waals surface area contributed by atoms with Crippen LogP contribution in [0.15, 0.2) is 21.6 Å². The molecule has 1 rings (SSSR count). The number of azo groups is 1. The van der Waals surface area contributed by atoms with Gasteiger partial charge < -0.3 is 4.74 Å². The molecule has 4 nitrogen and oxygen atoms in total. The number of rotatable bonds is 5. The van der Waals surface area contributed by atoms with Crippen LogP contribution in [0, 0.1) is 11.8 Å². The number of ether oxygens (including phenoxy) is 1. The Hall–Kier alpha value is -1.19. The van der Waals surface area contributed by atoms with E-state index in [1.807, 2.05) is 13.8 Å². The lowest BCUT2D eigenvalue weighted by Crippen LogP contribution is -2.15. The molecule has 0 unspecified atom stereocenters. The van der Waals surface area contributed by atoms with Crippen molar-refractivity contribution >= 4 is 5.97 Å². The largest absolute Gasteiger partial charge is 0.461 e. The van der Waals surface area contributed by atoms with Crippen molar-refractivity contribution in [2.45, 2.75) is 34.1 Å². The van der Waals surface area contributed by atoms with Gasteiger partial charge in [0, 0.05) is 0 Å². The molecule has 0 aliphatic carbocycles. The molecule has 0 amide bonds. The van der Waals surface area contributed by atoms with Gasteiger partial charge in [0.05, 0.1) is 12.3 Å². The first-order chi connectivity index (χ1) is 7.00. The third kappa shape index (κ3) is 3.46. The van der Waals surface area contributed by atoms with Crippen LogP contribution in [0.25, 0.3) is 0 Å². The molecular weight excluding hydrogens is 192 g/mol. The number of hydrogen-bond donors (Lipinski definition) is 0. The summed E-state index contributed by atoms with van der Waals surface area (Å²) >= 11 is 0. The van der Waals surface area contributed by atoms with Gasteiger partial charge in [-0.15, -0.1) is 5.11 Å². The van der Waals surface area contributed by atoms with E-state index >= 15 is 0 Å². The van der Waals surface area contributed by atoms with Gasteiger partial charge in [0.1, 0.15) is 0 Å². The smallest absolute Gasteiger partial charge is 0.360 e.